The van der Waals surface area contributed by atoms with Gasteiger partial charge in [0.15, 0.2) is 6.10 Å². The number of aliphatic hydroxyl groups excluding tert-OH is 1. The van der Waals surface area contributed by atoms with Gasteiger partial charge in [0, 0.05) is 19.8 Å². The third-order valence-electron chi connectivity index (χ3n) is 14.2. The first-order chi connectivity index (χ1) is 20.8. The van der Waals surface area contributed by atoms with Gasteiger partial charge in [0.1, 0.15) is 11.5 Å². The van der Waals surface area contributed by atoms with Gasteiger partial charge in [0.05, 0.1) is 25.7 Å². The Morgan fingerprint density at radius 3 is 1.98 bits per heavy atom. The minimum absolute atomic E-state index is 0.0807. The Hall–Kier alpha value is -2.42. The number of aliphatic hydroxyl groups is 1. The van der Waals surface area contributed by atoms with E-state index in [2.05, 4.69) is 40.7 Å². The highest BCUT2D eigenvalue weighted by Gasteiger charge is 2.74. The van der Waals surface area contributed by atoms with Crippen molar-refractivity contribution in [3.63, 3.8) is 0 Å². The number of methoxy groups -OCH3 is 2. The maximum atomic E-state index is 13.8. The van der Waals surface area contributed by atoms with Crippen LogP contribution in [0.5, 0.6) is 0 Å². The molecule has 0 radical (unpaired) electrons. The van der Waals surface area contributed by atoms with Crippen molar-refractivity contribution in [3.05, 3.63) is 11.6 Å². The van der Waals surface area contributed by atoms with Gasteiger partial charge in [0.2, 0.25) is 0 Å². The quantitative estimate of drug-likeness (QED) is 0.241. The highest BCUT2D eigenvalue weighted by molar-refractivity contribution is 5.80. The largest absolute Gasteiger partial charge is 0.469 e. The maximum absolute atomic E-state index is 13.8. The van der Waals surface area contributed by atoms with Gasteiger partial charge in [-0.05, 0) is 91.8 Å². The van der Waals surface area contributed by atoms with E-state index in [1.807, 2.05) is 6.92 Å². The zero-order chi connectivity index (χ0) is 33.5. The van der Waals surface area contributed by atoms with Gasteiger partial charge in [-0.25, -0.2) is 0 Å². The van der Waals surface area contributed by atoms with E-state index < -0.39 is 52.5 Å². The summed E-state index contributed by atoms with van der Waals surface area (Å²) in [6, 6.07) is 0. The van der Waals surface area contributed by atoms with Crippen molar-refractivity contribution in [3.8, 4) is 0 Å². The normalized spacial score (nSPS) is 46.5. The van der Waals surface area contributed by atoms with Gasteiger partial charge >= 0.3 is 23.9 Å². The van der Waals surface area contributed by atoms with E-state index in [1.165, 1.54) is 33.6 Å². The molecular weight excluding hydrogens is 576 g/mol. The van der Waals surface area contributed by atoms with E-state index >= 15 is 0 Å². The summed E-state index contributed by atoms with van der Waals surface area (Å²) in [5.41, 5.74) is -2.25. The lowest BCUT2D eigenvalue weighted by Gasteiger charge is -2.71. The van der Waals surface area contributed by atoms with Crippen LogP contribution in [0.15, 0.2) is 11.6 Å². The first kappa shape index (κ1) is 33.9. The fraction of sp³-hybridized carbons (Fsp3) is 0.833. The molecule has 0 aromatic heterocycles. The van der Waals surface area contributed by atoms with E-state index in [-0.39, 0.29) is 40.0 Å². The molecule has 0 aromatic carbocycles. The lowest BCUT2D eigenvalue weighted by Crippen LogP contribution is -2.70. The molecule has 0 aromatic rings. The Morgan fingerprint density at radius 1 is 0.800 bits per heavy atom. The van der Waals surface area contributed by atoms with Crippen LogP contribution in [0, 0.1) is 50.2 Å². The average Bonchev–Trinajstić information content (AvgIpc) is 2.96. The van der Waals surface area contributed by atoms with Crippen molar-refractivity contribution in [1.82, 2.24) is 0 Å². The van der Waals surface area contributed by atoms with Crippen LogP contribution in [0.25, 0.3) is 0 Å². The summed E-state index contributed by atoms with van der Waals surface area (Å²) >= 11 is 0. The minimum atomic E-state index is -1.24. The highest BCUT2D eigenvalue weighted by Crippen LogP contribution is 2.76. The summed E-state index contributed by atoms with van der Waals surface area (Å²) in [6.45, 7) is 15.5. The second-order valence-electron chi connectivity index (χ2n) is 16.5. The molecule has 0 unspecified atom stereocenters. The van der Waals surface area contributed by atoms with Crippen LogP contribution in [-0.2, 0) is 38.1 Å². The molecule has 11 atom stereocenters. The molecule has 0 bridgehead atoms. The average molecular weight is 631 g/mol. The number of carbonyl (C=O) groups is 4. The lowest BCUT2D eigenvalue weighted by atomic mass is 9.33. The van der Waals surface area contributed by atoms with E-state index in [1.54, 1.807) is 0 Å². The second-order valence-corrected chi connectivity index (χ2v) is 16.5. The Bertz CT molecular complexity index is 1300. The molecule has 5 rings (SSSR count). The SMILES string of the molecule is COC(=O)[C@]12CCC(C)(C)[C@@H](O)[C@H]1C1=CC[C@@H]3[C@@]4(C)C[C@@H](OC(C)=O)[C@H](OC(C)=O)[C@](C)(C(=O)OC)[C@@H]4CC[C@@]3(C)[C@]1(C)CC2. The Kier molecular flexibility index (Phi) is 8.15. The smallest absolute Gasteiger partial charge is 0.315 e. The van der Waals surface area contributed by atoms with Gasteiger partial charge in [-0.3, -0.25) is 19.2 Å². The van der Waals surface area contributed by atoms with Crippen LogP contribution in [-0.4, -0.2) is 61.5 Å². The molecule has 5 aliphatic carbocycles. The number of hydrogen-bond donors (Lipinski definition) is 1. The predicted octanol–water partition coefficient (Wildman–Crippen LogP) is 5.56. The lowest BCUT2D eigenvalue weighted by molar-refractivity contribution is -0.252. The number of fused-ring (bicyclic) bond motifs is 7. The van der Waals surface area contributed by atoms with E-state index in [4.69, 9.17) is 18.9 Å². The van der Waals surface area contributed by atoms with Crippen LogP contribution in [0.3, 0.4) is 0 Å². The molecule has 9 nitrogen and oxygen atoms in total. The molecule has 4 fully saturated rings. The Labute approximate surface area is 268 Å². The molecule has 9 heteroatoms. The summed E-state index contributed by atoms with van der Waals surface area (Å²) in [5, 5.41) is 12.0. The minimum Gasteiger partial charge on any atom is -0.469 e. The zero-order valence-corrected chi connectivity index (χ0v) is 28.9. The third kappa shape index (κ3) is 4.48. The highest BCUT2D eigenvalue weighted by atomic mass is 16.6. The molecule has 0 amide bonds. The number of ether oxygens (including phenoxy) is 4. The second kappa shape index (κ2) is 10.8. The van der Waals surface area contributed by atoms with Gasteiger partial charge in [-0.15, -0.1) is 0 Å². The molecule has 0 heterocycles. The summed E-state index contributed by atoms with van der Waals surface area (Å²) in [5.74, 6) is -2.21. The zero-order valence-electron chi connectivity index (χ0n) is 28.9. The molecule has 0 saturated heterocycles. The van der Waals surface area contributed by atoms with Crippen LogP contribution >= 0.6 is 0 Å². The standard InChI is InChI=1S/C36H54O9/c1-20(37)44-23-19-32(5)24-12-11-22-26-27(39)31(3,4)15-17-36(26,30(41)43-10)18-16-33(22,6)34(24,7)14-13-25(32)35(8,29(40)42-9)28(23)45-21(2)38/h11,23-28,39H,12-19H2,1-10H3/t23-,24-,25-,26-,27+,28+,32-,33-,34-,35-,36+/m1/s1. The number of carbonyl (C=O) groups excluding carboxylic acids is 4. The maximum Gasteiger partial charge on any atom is 0.315 e. The number of esters is 4. The third-order valence-corrected chi connectivity index (χ3v) is 14.2. The van der Waals surface area contributed by atoms with Crippen molar-refractivity contribution in [2.75, 3.05) is 14.2 Å². The van der Waals surface area contributed by atoms with Crippen LogP contribution in [0.1, 0.15) is 107 Å². The topological polar surface area (TPSA) is 125 Å². The molecular formula is C36H54O9. The van der Waals surface area contributed by atoms with Gasteiger partial charge in [-0.1, -0.05) is 46.3 Å². The summed E-state index contributed by atoms with van der Waals surface area (Å²) < 4.78 is 22.6. The van der Waals surface area contributed by atoms with Gasteiger partial charge < -0.3 is 24.1 Å². The molecule has 5 aliphatic rings. The van der Waals surface area contributed by atoms with Crippen LogP contribution < -0.4 is 0 Å². The Balaban J connectivity index is 1.66. The molecule has 1 N–H and O–H groups in total. The van der Waals surface area contributed by atoms with E-state index in [0.29, 0.717) is 32.1 Å². The summed E-state index contributed by atoms with van der Waals surface area (Å²) in [4.78, 5) is 52.1. The number of hydrogen-bond acceptors (Lipinski definition) is 9. The molecule has 45 heavy (non-hydrogen) atoms. The molecule has 252 valence electrons. The first-order valence-electron chi connectivity index (χ1n) is 16.7. The number of rotatable bonds is 4. The fourth-order valence-corrected chi connectivity index (χ4v) is 11.7. The van der Waals surface area contributed by atoms with Crippen molar-refractivity contribution >= 4 is 23.9 Å². The van der Waals surface area contributed by atoms with Crippen molar-refractivity contribution < 1.29 is 43.2 Å². The Morgan fingerprint density at radius 2 is 1.40 bits per heavy atom. The fourth-order valence-electron chi connectivity index (χ4n) is 11.7. The van der Waals surface area contributed by atoms with Crippen LogP contribution in [0.4, 0.5) is 0 Å². The molecule has 4 saturated carbocycles. The molecule has 0 spiro atoms. The van der Waals surface area contributed by atoms with E-state index in [0.717, 1.165) is 19.3 Å². The first-order valence-corrected chi connectivity index (χ1v) is 16.7. The molecule has 0 aliphatic heterocycles. The van der Waals surface area contributed by atoms with Crippen molar-refractivity contribution in [2.24, 2.45) is 50.2 Å². The summed E-state index contributed by atoms with van der Waals surface area (Å²) in [6.07, 6.45) is 5.26. The monoisotopic (exact) mass is 630 g/mol. The van der Waals surface area contributed by atoms with Gasteiger partial charge in [-0.2, -0.15) is 0 Å². The van der Waals surface area contributed by atoms with Crippen molar-refractivity contribution in [1.29, 1.82) is 0 Å². The van der Waals surface area contributed by atoms with Crippen molar-refractivity contribution in [2.45, 2.75) is 125 Å². The van der Waals surface area contributed by atoms with Crippen LogP contribution in [0.2, 0.25) is 0 Å². The summed E-state index contributed by atoms with van der Waals surface area (Å²) in [7, 11) is 2.80. The predicted molar refractivity (Wildman–Crippen MR) is 165 cm³/mol. The van der Waals surface area contributed by atoms with Gasteiger partial charge in [0.25, 0.3) is 0 Å². The number of allylic oxidation sites excluding steroid dienone is 1. The van der Waals surface area contributed by atoms with E-state index in [9.17, 15) is 24.3 Å².